The number of aldehydes is 1. The molecule has 0 aliphatic carbocycles. The second-order valence-corrected chi connectivity index (χ2v) is 4.83. The van der Waals surface area contributed by atoms with E-state index in [-0.39, 0.29) is 0 Å². The van der Waals surface area contributed by atoms with E-state index < -0.39 is 0 Å². The number of hydrogen-bond donors (Lipinski definition) is 0. The molecule has 0 saturated carbocycles. The molecule has 0 spiro atoms. The van der Waals surface area contributed by atoms with Crippen molar-refractivity contribution in [1.29, 1.82) is 0 Å². The molecule has 0 unspecified atom stereocenters. The zero-order valence-corrected chi connectivity index (χ0v) is 10.6. The second-order valence-electron chi connectivity index (χ2n) is 4.09. The third-order valence-electron chi connectivity index (χ3n) is 2.91. The molecule has 0 fully saturated rings. The summed E-state index contributed by atoms with van der Waals surface area (Å²) in [6.07, 6.45) is 2.41. The molecule has 0 atom stereocenters. The Morgan fingerprint density at radius 1 is 1.22 bits per heavy atom. The maximum Gasteiger partial charge on any atom is 0.150 e. The van der Waals surface area contributed by atoms with Gasteiger partial charge in [0.05, 0.1) is 11.2 Å². The fourth-order valence-corrected chi connectivity index (χ4v) is 2.80. The number of rotatable bonds is 2. The number of carbonyl (C=O) groups excluding carboxylic acids is 1. The molecule has 0 aliphatic heterocycles. The Hall–Kier alpha value is -2.07. The minimum atomic E-state index is 0.645. The van der Waals surface area contributed by atoms with Gasteiger partial charge in [-0.2, -0.15) is 11.3 Å². The van der Waals surface area contributed by atoms with Gasteiger partial charge in [0.25, 0.3) is 0 Å². The largest absolute Gasteiger partial charge is 0.298 e. The minimum Gasteiger partial charge on any atom is -0.298 e. The van der Waals surface area contributed by atoms with E-state index in [9.17, 15) is 4.79 Å². The Balaban J connectivity index is 2.35. The van der Waals surface area contributed by atoms with Crippen LogP contribution in [0.3, 0.4) is 0 Å². The second kappa shape index (κ2) is 4.31. The van der Waals surface area contributed by atoms with Gasteiger partial charge in [0.1, 0.15) is 12.6 Å². The van der Waals surface area contributed by atoms with Crippen molar-refractivity contribution in [3.8, 4) is 11.3 Å². The molecule has 18 heavy (non-hydrogen) atoms. The third kappa shape index (κ3) is 1.71. The highest BCUT2D eigenvalue weighted by Gasteiger charge is 2.10. The standard InChI is InChI=1S/C14H10N2OS/c1-9-6-18-7-12(9)14-11-4-10(5-17)2-3-13(11)15-8-16-14/h2-8H,1H3. The lowest BCUT2D eigenvalue weighted by Gasteiger charge is -2.05. The van der Waals surface area contributed by atoms with Crippen molar-refractivity contribution >= 4 is 28.5 Å². The van der Waals surface area contributed by atoms with Crippen molar-refractivity contribution in [3.63, 3.8) is 0 Å². The summed E-state index contributed by atoms with van der Waals surface area (Å²) in [6.45, 7) is 2.06. The fraction of sp³-hybridized carbons (Fsp3) is 0.0714. The summed E-state index contributed by atoms with van der Waals surface area (Å²) in [4.78, 5) is 19.5. The van der Waals surface area contributed by atoms with Crippen LogP contribution in [-0.2, 0) is 0 Å². The molecule has 0 aliphatic rings. The molecule has 3 aromatic rings. The van der Waals surface area contributed by atoms with Gasteiger partial charge in [-0.05, 0) is 36.1 Å². The summed E-state index contributed by atoms with van der Waals surface area (Å²) in [7, 11) is 0. The zero-order valence-electron chi connectivity index (χ0n) is 9.75. The van der Waals surface area contributed by atoms with E-state index in [0.29, 0.717) is 5.56 Å². The normalized spacial score (nSPS) is 10.7. The number of benzene rings is 1. The number of hydrogen-bond acceptors (Lipinski definition) is 4. The molecule has 2 aromatic heterocycles. The van der Waals surface area contributed by atoms with Gasteiger partial charge in [-0.15, -0.1) is 0 Å². The van der Waals surface area contributed by atoms with Gasteiger partial charge in [0.15, 0.2) is 0 Å². The number of thiophene rings is 1. The van der Waals surface area contributed by atoms with Crippen LogP contribution in [0, 0.1) is 6.92 Å². The number of fused-ring (bicyclic) bond motifs is 1. The van der Waals surface area contributed by atoms with Crippen molar-refractivity contribution in [1.82, 2.24) is 9.97 Å². The van der Waals surface area contributed by atoms with Crippen LogP contribution < -0.4 is 0 Å². The van der Waals surface area contributed by atoms with Gasteiger partial charge in [0, 0.05) is 21.9 Å². The van der Waals surface area contributed by atoms with Crippen LogP contribution in [0.1, 0.15) is 15.9 Å². The lowest BCUT2D eigenvalue weighted by Crippen LogP contribution is -1.90. The summed E-state index contributed by atoms with van der Waals surface area (Å²) in [6, 6.07) is 5.47. The van der Waals surface area contributed by atoms with E-state index in [4.69, 9.17) is 0 Å². The third-order valence-corrected chi connectivity index (χ3v) is 3.77. The number of aryl methyl sites for hydroxylation is 1. The van der Waals surface area contributed by atoms with E-state index in [1.807, 2.05) is 12.1 Å². The maximum absolute atomic E-state index is 10.9. The average molecular weight is 254 g/mol. The van der Waals surface area contributed by atoms with E-state index in [2.05, 4.69) is 27.7 Å². The fourth-order valence-electron chi connectivity index (χ4n) is 1.97. The highest BCUT2D eigenvalue weighted by molar-refractivity contribution is 7.08. The van der Waals surface area contributed by atoms with Crippen LogP contribution in [-0.4, -0.2) is 16.3 Å². The first-order valence-corrected chi connectivity index (χ1v) is 6.47. The van der Waals surface area contributed by atoms with E-state index in [1.165, 1.54) is 5.56 Å². The molecule has 3 rings (SSSR count). The predicted octanol–water partition coefficient (Wildman–Crippen LogP) is 3.48. The van der Waals surface area contributed by atoms with Crippen molar-refractivity contribution in [3.05, 3.63) is 46.4 Å². The summed E-state index contributed by atoms with van der Waals surface area (Å²) < 4.78 is 0. The van der Waals surface area contributed by atoms with Gasteiger partial charge < -0.3 is 0 Å². The van der Waals surface area contributed by atoms with E-state index in [1.54, 1.807) is 23.7 Å². The summed E-state index contributed by atoms with van der Waals surface area (Å²) in [5.41, 5.74) is 4.69. The first-order valence-electron chi connectivity index (χ1n) is 5.52. The topological polar surface area (TPSA) is 42.9 Å². The molecule has 1 aromatic carbocycles. The Morgan fingerprint density at radius 2 is 2.11 bits per heavy atom. The van der Waals surface area contributed by atoms with Crippen molar-refractivity contribution < 1.29 is 4.79 Å². The van der Waals surface area contributed by atoms with Crippen molar-refractivity contribution in [2.75, 3.05) is 0 Å². The lowest BCUT2D eigenvalue weighted by atomic mass is 10.0. The van der Waals surface area contributed by atoms with Crippen LogP contribution in [0.15, 0.2) is 35.3 Å². The van der Waals surface area contributed by atoms with Crippen LogP contribution in [0.5, 0.6) is 0 Å². The molecule has 0 saturated heterocycles. The van der Waals surface area contributed by atoms with Crippen molar-refractivity contribution in [2.24, 2.45) is 0 Å². The molecular weight excluding hydrogens is 244 g/mol. The minimum absolute atomic E-state index is 0.645. The first kappa shape index (κ1) is 11.0. The maximum atomic E-state index is 10.9. The Labute approximate surface area is 108 Å². The predicted molar refractivity (Wildman–Crippen MR) is 73.0 cm³/mol. The monoisotopic (exact) mass is 254 g/mol. The van der Waals surface area contributed by atoms with Gasteiger partial charge in [-0.1, -0.05) is 0 Å². The molecule has 0 amide bonds. The highest BCUT2D eigenvalue weighted by atomic mass is 32.1. The summed E-state index contributed by atoms with van der Waals surface area (Å²) in [5.74, 6) is 0. The van der Waals surface area contributed by atoms with Crippen molar-refractivity contribution in [2.45, 2.75) is 6.92 Å². The van der Waals surface area contributed by atoms with Gasteiger partial charge in [-0.3, -0.25) is 4.79 Å². The lowest BCUT2D eigenvalue weighted by molar-refractivity contribution is 0.112. The molecule has 0 N–H and O–H groups in total. The molecule has 0 radical (unpaired) electrons. The number of nitrogens with zero attached hydrogens (tertiary/aromatic N) is 2. The molecular formula is C14H10N2OS. The van der Waals surface area contributed by atoms with Crippen LogP contribution in [0.25, 0.3) is 22.2 Å². The van der Waals surface area contributed by atoms with Crippen LogP contribution >= 0.6 is 11.3 Å². The van der Waals surface area contributed by atoms with E-state index in [0.717, 1.165) is 28.4 Å². The average Bonchev–Trinajstić information content (AvgIpc) is 2.83. The van der Waals surface area contributed by atoms with Gasteiger partial charge in [-0.25, -0.2) is 9.97 Å². The molecule has 88 valence electrons. The number of carbonyl (C=O) groups is 1. The SMILES string of the molecule is Cc1cscc1-c1ncnc2ccc(C=O)cc12. The summed E-state index contributed by atoms with van der Waals surface area (Å²) in [5, 5.41) is 5.08. The molecule has 2 heterocycles. The highest BCUT2D eigenvalue weighted by Crippen LogP contribution is 2.30. The Bertz CT molecular complexity index is 733. The Kier molecular flexibility index (Phi) is 2.64. The van der Waals surface area contributed by atoms with Gasteiger partial charge >= 0.3 is 0 Å². The first-order chi connectivity index (χ1) is 8.79. The quantitative estimate of drug-likeness (QED) is 0.657. The van der Waals surface area contributed by atoms with Crippen LogP contribution in [0.2, 0.25) is 0 Å². The van der Waals surface area contributed by atoms with E-state index >= 15 is 0 Å². The summed E-state index contributed by atoms with van der Waals surface area (Å²) >= 11 is 1.65. The smallest absolute Gasteiger partial charge is 0.150 e. The molecule has 3 nitrogen and oxygen atoms in total. The Morgan fingerprint density at radius 3 is 2.83 bits per heavy atom. The molecule has 0 bridgehead atoms. The molecule has 4 heteroatoms. The van der Waals surface area contributed by atoms with Crippen LogP contribution in [0.4, 0.5) is 0 Å². The zero-order chi connectivity index (χ0) is 12.5. The van der Waals surface area contributed by atoms with Gasteiger partial charge in [0.2, 0.25) is 0 Å². The number of aromatic nitrogens is 2.